The molecule has 0 unspecified atom stereocenters. The van der Waals surface area contributed by atoms with Crippen LogP contribution in [-0.2, 0) is 16.1 Å². The number of carbonyl (C=O) groups is 1. The van der Waals surface area contributed by atoms with Gasteiger partial charge in [-0.3, -0.25) is 9.36 Å². The molecule has 42 heavy (non-hydrogen) atoms. The van der Waals surface area contributed by atoms with Gasteiger partial charge in [-0.25, -0.2) is 9.79 Å². The molecule has 0 spiro atoms. The smallest absolute Gasteiger partial charge is 0.338 e. The molecule has 0 saturated carbocycles. The Balaban J connectivity index is 1.36. The number of fused-ring (bicyclic) bond motifs is 2. The normalized spacial score (nSPS) is 14.9. The summed E-state index contributed by atoms with van der Waals surface area (Å²) < 4.78 is 13.7. The molecule has 6 nitrogen and oxygen atoms in total. The molecule has 210 valence electrons. The minimum absolute atomic E-state index is 0.208. The van der Waals surface area contributed by atoms with Crippen molar-refractivity contribution >= 4 is 34.2 Å². The third-order valence-corrected chi connectivity index (χ3v) is 8.32. The van der Waals surface area contributed by atoms with Gasteiger partial charge >= 0.3 is 5.97 Å². The fourth-order valence-electron chi connectivity index (χ4n) is 5.28. The molecule has 6 rings (SSSR count). The Kier molecular flexibility index (Phi) is 7.59. The van der Waals surface area contributed by atoms with Crippen molar-refractivity contribution in [3.63, 3.8) is 0 Å². The first kappa shape index (κ1) is 27.4. The van der Waals surface area contributed by atoms with Gasteiger partial charge in [0.05, 0.1) is 28.5 Å². The number of allylic oxidation sites excluding steroid dienone is 1. The van der Waals surface area contributed by atoms with Gasteiger partial charge in [0.1, 0.15) is 12.4 Å². The molecule has 7 heteroatoms. The number of hydrogen-bond donors (Lipinski definition) is 0. The van der Waals surface area contributed by atoms with Crippen molar-refractivity contribution in [1.29, 1.82) is 0 Å². The van der Waals surface area contributed by atoms with Crippen LogP contribution in [0.3, 0.4) is 0 Å². The highest BCUT2D eigenvalue weighted by molar-refractivity contribution is 7.07. The van der Waals surface area contributed by atoms with Gasteiger partial charge in [0.2, 0.25) is 0 Å². The first-order valence-electron chi connectivity index (χ1n) is 13.9. The van der Waals surface area contributed by atoms with Gasteiger partial charge in [-0.15, -0.1) is 0 Å². The van der Waals surface area contributed by atoms with Crippen molar-refractivity contribution in [3.05, 3.63) is 144 Å². The molecule has 0 N–H and O–H groups in total. The number of aryl methyl sites for hydroxylation is 1. The summed E-state index contributed by atoms with van der Waals surface area (Å²) in [5.74, 6) is 0.247. The molecule has 5 aromatic rings. The van der Waals surface area contributed by atoms with Crippen molar-refractivity contribution in [1.82, 2.24) is 4.57 Å². The highest BCUT2D eigenvalue weighted by atomic mass is 32.1. The lowest BCUT2D eigenvalue weighted by atomic mass is 9.95. The molecule has 1 aromatic heterocycles. The minimum atomic E-state index is -0.626. The standard InChI is InChI=1S/C35H30N2O4S/c1-4-40-34(39)31-23(3)36-35-37(32(31)26-17-15-22(2)16-18-26)33(38)30(42-35)20-24-9-7-13-28(19-24)41-21-27-12-8-11-25-10-5-6-14-29(25)27/h5-20,32H,4,21H2,1-3H3/t32-/m0/s1. The summed E-state index contributed by atoms with van der Waals surface area (Å²) in [7, 11) is 0. The minimum Gasteiger partial charge on any atom is -0.489 e. The van der Waals surface area contributed by atoms with Gasteiger partial charge in [0, 0.05) is 0 Å². The Bertz CT molecular complexity index is 2010. The lowest BCUT2D eigenvalue weighted by molar-refractivity contribution is -0.139. The first-order chi connectivity index (χ1) is 20.4. The van der Waals surface area contributed by atoms with Crippen LogP contribution in [0.15, 0.2) is 112 Å². The van der Waals surface area contributed by atoms with E-state index in [1.54, 1.807) is 18.4 Å². The van der Waals surface area contributed by atoms with E-state index < -0.39 is 12.0 Å². The van der Waals surface area contributed by atoms with Crippen LogP contribution in [0, 0.1) is 6.92 Å². The van der Waals surface area contributed by atoms with Crippen LogP contribution in [0.25, 0.3) is 16.8 Å². The van der Waals surface area contributed by atoms with Crippen molar-refractivity contribution in [3.8, 4) is 5.75 Å². The Morgan fingerprint density at radius 3 is 2.55 bits per heavy atom. The van der Waals surface area contributed by atoms with E-state index in [2.05, 4.69) is 29.3 Å². The van der Waals surface area contributed by atoms with Crippen LogP contribution in [0.1, 0.15) is 42.1 Å². The molecule has 0 aliphatic carbocycles. The molecule has 1 atom stereocenters. The molecule has 1 aliphatic rings. The second-order valence-corrected chi connectivity index (χ2v) is 11.2. The second-order valence-electron chi connectivity index (χ2n) is 10.2. The number of carbonyl (C=O) groups excluding carboxylic acids is 1. The highest BCUT2D eigenvalue weighted by Crippen LogP contribution is 2.31. The number of nitrogens with zero attached hydrogens (tertiary/aromatic N) is 2. The van der Waals surface area contributed by atoms with Gasteiger partial charge in [0.25, 0.3) is 5.56 Å². The number of thiazole rings is 1. The summed E-state index contributed by atoms with van der Waals surface area (Å²) in [5.41, 5.74) is 4.58. The quantitative estimate of drug-likeness (QED) is 0.229. The van der Waals surface area contributed by atoms with Crippen molar-refractivity contribution in [2.75, 3.05) is 6.61 Å². The largest absolute Gasteiger partial charge is 0.489 e. The third-order valence-electron chi connectivity index (χ3n) is 7.34. The molecular weight excluding hydrogens is 544 g/mol. The number of aromatic nitrogens is 1. The maximum Gasteiger partial charge on any atom is 0.338 e. The predicted octanol–water partition coefficient (Wildman–Crippen LogP) is 5.84. The zero-order valence-corrected chi connectivity index (χ0v) is 24.5. The molecule has 0 saturated heterocycles. The second kappa shape index (κ2) is 11.6. The zero-order chi connectivity index (χ0) is 29.2. The summed E-state index contributed by atoms with van der Waals surface area (Å²) in [6.45, 7) is 6.23. The molecule has 2 heterocycles. The van der Waals surface area contributed by atoms with Crippen LogP contribution in [-0.4, -0.2) is 17.1 Å². The third kappa shape index (κ3) is 5.31. The Morgan fingerprint density at radius 2 is 1.74 bits per heavy atom. The van der Waals surface area contributed by atoms with E-state index in [4.69, 9.17) is 9.47 Å². The van der Waals surface area contributed by atoms with Crippen molar-refractivity contribution in [2.24, 2.45) is 4.99 Å². The Morgan fingerprint density at radius 1 is 0.976 bits per heavy atom. The van der Waals surface area contributed by atoms with Crippen molar-refractivity contribution in [2.45, 2.75) is 33.4 Å². The van der Waals surface area contributed by atoms with Crippen LogP contribution >= 0.6 is 11.3 Å². The molecular formula is C35H30N2O4S. The summed E-state index contributed by atoms with van der Waals surface area (Å²) in [5, 5.41) is 2.34. The molecule has 0 fully saturated rings. The van der Waals surface area contributed by atoms with E-state index in [9.17, 15) is 9.59 Å². The lowest BCUT2D eigenvalue weighted by Crippen LogP contribution is -2.39. The van der Waals surface area contributed by atoms with E-state index >= 15 is 0 Å². The SMILES string of the molecule is CCOC(=O)C1=C(C)N=c2sc(=Cc3cccc(OCc4cccc5ccccc45)c3)c(=O)n2[C@H]1c1ccc(C)cc1. The summed E-state index contributed by atoms with van der Waals surface area (Å²) >= 11 is 1.31. The zero-order valence-electron chi connectivity index (χ0n) is 23.7. The number of ether oxygens (including phenoxy) is 2. The number of benzene rings is 4. The van der Waals surface area contributed by atoms with Gasteiger partial charge < -0.3 is 9.47 Å². The molecule has 0 amide bonds. The van der Waals surface area contributed by atoms with E-state index in [1.807, 2.05) is 79.7 Å². The average Bonchev–Trinajstić information content (AvgIpc) is 3.29. The van der Waals surface area contributed by atoms with Gasteiger partial charge in [-0.2, -0.15) is 0 Å². The van der Waals surface area contributed by atoms with Gasteiger partial charge in [0.15, 0.2) is 4.80 Å². The van der Waals surface area contributed by atoms with Crippen LogP contribution in [0.4, 0.5) is 0 Å². The maximum absolute atomic E-state index is 13.9. The van der Waals surface area contributed by atoms with Crippen LogP contribution < -0.4 is 19.6 Å². The van der Waals surface area contributed by atoms with Gasteiger partial charge in [-0.1, -0.05) is 95.8 Å². The van der Waals surface area contributed by atoms with Crippen LogP contribution in [0.5, 0.6) is 5.75 Å². The number of esters is 1. The van der Waals surface area contributed by atoms with E-state index in [1.165, 1.54) is 16.7 Å². The number of rotatable bonds is 7. The molecule has 4 aromatic carbocycles. The fraction of sp³-hybridized carbons (Fsp3) is 0.171. The van der Waals surface area contributed by atoms with Crippen LogP contribution in [0.2, 0.25) is 0 Å². The predicted molar refractivity (Wildman–Crippen MR) is 166 cm³/mol. The summed E-state index contributed by atoms with van der Waals surface area (Å²) in [6, 6.07) is 29.4. The van der Waals surface area contributed by atoms with Crippen molar-refractivity contribution < 1.29 is 14.3 Å². The van der Waals surface area contributed by atoms with E-state index in [0.717, 1.165) is 27.6 Å². The van der Waals surface area contributed by atoms with Gasteiger partial charge in [-0.05, 0) is 66.4 Å². The fourth-order valence-corrected chi connectivity index (χ4v) is 6.33. The molecule has 0 radical (unpaired) electrons. The monoisotopic (exact) mass is 574 g/mol. The summed E-state index contributed by atoms with van der Waals surface area (Å²) in [4.78, 5) is 32.2. The molecule has 1 aliphatic heterocycles. The number of hydrogen-bond acceptors (Lipinski definition) is 6. The molecule has 0 bridgehead atoms. The van der Waals surface area contributed by atoms with E-state index in [-0.39, 0.29) is 12.2 Å². The lowest BCUT2D eigenvalue weighted by Gasteiger charge is -2.24. The summed E-state index contributed by atoms with van der Waals surface area (Å²) in [6.07, 6.45) is 1.85. The average molecular weight is 575 g/mol. The highest BCUT2D eigenvalue weighted by Gasteiger charge is 2.33. The Labute approximate surface area is 247 Å². The van der Waals surface area contributed by atoms with E-state index in [0.29, 0.717) is 33.0 Å². The topological polar surface area (TPSA) is 69.9 Å². The maximum atomic E-state index is 13.9. The first-order valence-corrected chi connectivity index (χ1v) is 14.7. The Hall–Kier alpha value is -4.75.